The first-order chi connectivity index (χ1) is 12.2. The molecule has 2 N–H and O–H groups in total. The van der Waals surface area contributed by atoms with Gasteiger partial charge in [0.15, 0.2) is 11.6 Å². The van der Waals surface area contributed by atoms with Crippen molar-refractivity contribution in [3.8, 4) is 5.82 Å². The summed E-state index contributed by atoms with van der Waals surface area (Å²) in [5, 5.41) is 0. The third kappa shape index (κ3) is 4.10. The average Bonchev–Trinajstić information content (AvgIpc) is 3.03. The van der Waals surface area contributed by atoms with E-state index >= 15 is 0 Å². The molecule has 2 aromatic rings. The van der Waals surface area contributed by atoms with Crippen LogP contribution >= 0.6 is 0 Å². The molecule has 1 aliphatic heterocycles. The van der Waals surface area contributed by atoms with Gasteiger partial charge in [-0.05, 0) is 20.8 Å². The van der Waals surface area contributed by atoms with Crippen LogP contribution in [0.4, 0.5) is 14.9 Å². The maximum atomic E-state index is 14.0. The fourth-order valence-electron chi connectivity index (χ4n) is 2.58. The number of nitrogens with zero attached hydrogens (tertiary/aromatic N) is 4. The standard InChI is InChI=1S/C17H22FN5O3/c1-17(2,3)26-16(24)22-4-5-25-14(9-22)13-8-23(10-21-13)15-12(18)6-11(19)7-20-15/h6-8,10,14H,4-5,9,19H2,1-3H3. The first-order valence-corrected chi connectivity index (χ1v) is 8.28. The van der Waals surface area contributed by atoms with Crippen LogP contribution in [0.25, 0.3) is 5.82 Å². The normalized spacial score (nSPS) is 18.0. The molecule has 2 aromatic heterocycles. The summed E-state index contributed by atoms with van der Waals surface area (Å²) in [6, 6.07) is 1.20. The molecule has 0 aromatic carbocycles. The van der Waals surface area contributed by atoms with Gasteiger partial charge in [-0.15, -0.1) is 0 Å². The zero-order chi connectivity index (χ0) is 18.9. The van der Waals surface area contributed by atoms with Crippen molar-refractivity contribution in [2.24, 2.45) is 0 Å². The third-order valence-electron chi connectivity index (χ3n) is 3.74. The summed E-state index contributed by atoms with van der Waals surface area (Å²) in [6.45, 7) is 6.57. The van der Waals surface area contributed by atoms with Crippen LogP contribution in [0.5, 0.6) is 0 Å². The number of imidazole rings is 1. The smallest absolute Gasteiger partial charge is 0.410 e. The van der Waals surface area contributed by atoms with Gasteiger partial charge in [0.2, 0.25) is 0 Å². The molecule has 3 heterocycles. The van der Waals surface area contributed by atoms with Crippen molar-refractivity contribution in [1.29, 1.82) is 0 Å². The number of ether oxygens (including phenoxy) is 2. The molecule has 0 spiro atoms. The fourth-order valence-corrected chi connectivity index (χ4v) is 2.58. The lowest BCUT2D eigenvalue weighted by molar-refractivity contribution is -0.0446. The van der Waals surface area contributed by atoms with Crippen molar-refractivity contribution < 1.29 is 18.7 Å². The lowest BCUT2D eigenvalue weighted by atomic mass is 10.2. The first-order valence-electron chi connectivity index (χ1n) is 8.28. The molecule has 3 rings (SSSR count). The third-order valence-corrected chi connectivity index (χ3v) is 3.74. The van der Waals surface area contributed by atoms with E-state index in [1.807, 2.05) is 20.8 Å². The number of amides is 1. The summed E-state index contributed by atoms with van der Waals surface area (Å²) < 4.78 is 26.6. The van der Waals surface area contributed by atoms with Crippen molar-refractivity contribution in [2.45, 2.75) is 32.5 Å². The van der Waals surface area contributed by atoms with E-state index in [0.29, 0.717) is 25.4 Å². The van der Waals surface area contributed by atoms with E-state index in [1.54, 1.807) is 11.1 Å². The number of pyridine rings is 1. The number of rotatable bonds is 2. The summed E-state index contributed by atoms with van der Waals surface area (Å²) in [7, 11) is 0. The highest BCUT2D eigenvalue weighted by Crippen LogP contribution is 2.23. The van der Waals surface area contributed by atoms with Crippen LogP contribution in [0.3, 0.4) is 0 Å². The van der Waals surface area contributed by atoms with Crippen LogP contribution in [0.2, 0.25) is 0 Å². The zero-order valence-electron chi connectivity index (χ0n) is 15.0. The highest BCUT2D eigenvalue weighted by Gasteiger charge is 2.30. The van der Waals surface area contributed by atoms with E-state index in [4.69, 9.17) is 15.2 Å². The molecule has 0 aliphatic carbocycles. The van der Waals surface area contributed by atoms with Crippen molar-refractivity contribution in [1.82, 2.24) is 19.4 Å². The lowest BCUT2D eigenvalue weighted by Gasteiger charge is -2.33. The van der Waals surface area contributed by atoms with Gasteiger partial charge in [-0.1, -0.05) is 0 Å². The number of morpholine rings is 1. The van der Waals surface area contributed by atoms with Gasteiger partial charge in [-0.3, -0.25) is 4.57 Å². The van der Waals surface area contributed by atoms with Gasteiger partial charge in [-0.25, -0.2) is 19.2 Å². The molecule has 0 radical (unpaired) electrons. The second-order valence-electron chi connectivity index (χ2n) is 7.07. The molecule has 0 saturated carbocycles. The van der Waals surface area contributed by atoms with Crippen LogP contribution in [-0.4, -0.2) is 50.8 Å². The van der Waals surface area contributed by atoms with Gasteiger partial charge in [-0.2, -0.15) is 0 Å². The SMILES string of the molecule is CC(C)(C)OC(=O)N1CCOC(c2cn(-c3ncc(N)cc3F)cn2)C1. The molecule has 8 nitrogen and oxygen atoms in total. The quantitative estimate of drug-likeness (QED) is 0.880. The summed E-state index contributed by atoms with van der Waals surface area (Å²) in [5.41, 5.74) is 5.78. The highest BCUT2D eigenvalue weighted by atomic mass is 19.1. The van der Waals surface area contributed by atoms with E-state index in [1.165, 1.54) is 23.2 Å². The van der Waals surface area contributed by atoms with Gasteiger partial charge in [0, 0.05) is 18.8 Å². The molecular formula is C17H22FN5O3. The Morgan fingerprint density at radius 1 is 1.42 bits per heavy atom. The monoisotopic (exact) mass is 363 g/mol. The van der Waals surface area contributed by atoms with E-state index in [9.17, 15) is 9.18 Å². The Kier molecular flexibility index (Phi) is 4.82. The van der Waals surface area contributed by atoms with Gasteiger partial charge in [0.25, 0.3) is 0 Å². The van der Waals surface area contributed by atoms with E-state index in [0.717, 1.165) is 0 Å². The summed E-state index contributed by atoms with van der Waals surface area (Å²) in [6.07, 6.45) is 3.64. The summed E-state index contributed by atoms with van der Waals surface area (Å²) in [5.74, 6) is -0.452. The number of carbonyl (C=O) groups is 1. The Labute approximate surface area is 150 Å². The van der Waals surface area contributed by atoms with E-state index < -0.39 is 23.6 Å². The number of anilines is 1. The summed E-state index contributed by atoms with van der Waals surface area (Å²) in [4.78, 5) is 22.1. The first kappa shape index (κ1) is 18.1. The number of nitrogen functional groups attached to an aromatic ring is 1. The Morgan fingerprint density at radius 3 is 2.88 bits per heavy atom. The van der Waals surface area contributed by atoms with Gasteiger partial charge < -0.3 is 20.1 Å². The highest BCUT2D eigenvalue weighted by molar-refractivity contribution is 5.68. The number of hydrogen-bond acceptors (Lipinski definition) is 6. The number of nitrogens with two attached hydrogens (primary N) is 1. The largest absolute Gasteiger partial charge is 0.444 e. The predicted molar refractivity (Wildman–Crippen MR) is 92.2 cm³/mol. The van der Waals surface area contributed by atoms with Crippen LogP contribution < -0.4 is 5.73 Å². The van der Waals surface area contributed by atoms with E-state index in [2.05, 4.69) is 9.97 Å². The van der Waals surface area contributed by atoms with Crippen LogP contribution in [0.15, 0.2) is 24.8 Å². The average molecular weight is 363 g/mol. The fraction of sp³-hybridized carbons (Fsp3) is 0.471. The molecule has 1 unspecified atom stereocenters. The maximum absolute atomic E-state index is 14.0. The molecule has 1 amide bonds. The molecule has 1 saturated heterocycles. The molecule has 0 bridgehead atoms. The Morgan fingerprint density at radius 2 is 2.19 bits per heavy atom. The molecule has 1 aliphatic rings. The van der Waals surface area contributed by atoms with E-state index in [-0.39, 0.29) is 11.5 Å². The summed E-state index contributed by atoms with van der Waals surface area (Å²) >= 11 is 0. The Bertz CT molecular complexity index is 802. The maximum Gasteiger partial charge on any atom is 0.410 e. The van der Waals surface area contributed by atoms with Crippen LogP contribution in [0.1, 0.15) is 32.6 Å². The lowest BCUT2D eigenvalue weighted by Crippen LogP contribution is -2.44. The Hall–Kier alpha value is -2.68. The second-order valence-corrected chi connectivity index (χ2v) is 7.07. The van der Waals surface area contributed by atoms with Crippen molar-refractivity contribution in [2.75, 3.05) is 25.4 Å². The van der Waals surface area contributed by atoms with Gasteiger partial charge in [0.05, 0.1) is 30.7 Å². The van der Waals surface area contributed by atoms with Crippen LogP contribution in [0, 0.1) is 5.82 Å². The van der Waals surface area contributed by atoms with Crippen LogP contribution in [-0.2, 0) is 9.47 Å². The minimum absolute atomic E-state index is 0.0951. The van der Waals surface area contributed by atoms with Gasteiger partial charge in [0.1, 0.15) is 18.0 Å². The molecular weight excluding hydrogens is 341 g/mol. The number of carbonyl (C=O) groups excluding carboxylic acids is 1. The van der Waals surface area contributed by atoms with Crippen molar-refractivity contribution in [3.05, 3.63) is 36.3 Å². The number of aromatic nitrogens is 3. The molecule has 9 heteroatoms. The van der Waals surface area contributed by atoms with Crippen molar-refractivity contribution >= 4 is 11.8 Å². The minimum Gasteiger partial charge on any atom is -0.444 e. The topological polar surface area (TPSA) is 95.5 Å². The number of hydrogen-bond donors (Lipinski definition) is 1. The molecule has 140 valence electrons. The van der Waals surface area contributed by atoms with Gasteiger partial charge >= 0.3 is 6.09 Å². The molecule has 1 fully saturated rings. The Balaban J connectivity index is 1.73. The predicted octanol–water partition coefficient (Wildman–Crippen LogP) is 2.30. The minimum atomic E-state index is -0.565. The zero-order valence-corrected chi connectivity index (χ0v) is 15.0. The van der Waals surface area contributed by atoms with Crippen molar-refractivity contribution in [3.63, 3.8) is 0 Å². The second kappa shape index (κ2) is 6.91. The molecule has 1 atom stereocenters. The molecule has 26 heavy (non-hydrogen) atoms. The number of halogens is 1.